The van der Waals surface area contributed by atoms with Crippen molar-refractivity contribution in [3.05, 3.63) is 114 Å². The van der Waals surface area contributed by atoms with Gasteiger partial charge in [0.15, 0.2) is 0 Å². The highest BCUT2D eigenvalue weighted by Gasteiger charge is 2.35. The topological polar surface area (TPSA) is 105 Å². The number of ether oxygens (including phenoxy) is 2. The first-order valence-corrected chi connectivity index (χ1v) is 18.4. The lowest BCUT2D eigenvalue weighted by atomic mass is 10.0. The molecule has 0 bridgehead atoms. The molecule has 0 saturated carbocycles. The molecule has 2 amide bonds. The molecule has 11 heteroatoms. The molecule has 0 fully saturated rings. The third-order valence-electron chi connectivity index (χ3n) is 7.55. The lowest BCUT2D eigenvalue weighted by Crippen LogP contribution is -2.54. The number of benzene rings is 4. The van der Waals surface area contributed by atoms with E-state index in [-0.39, 0.29) is 35.5 Å². The number of hydrogen-bond acceptors (Lipinski definition) is 7. The summed E-state index contributed by atoms with van der Waals surface area (Å²) in [5, 5.41) is 2.97. The Kier molecular flexibility index (Phi) is 12.9. The predicted molar refractivity (Wildman–Crippen MR) is 191 cm³/mol. The van der Waals surface area contributed by atoms with Crippen molar-refractivity contribution in [1.82, 2.24) is 10.2 Å². The van der Waals surface area contributed by atoms with Crippen LogP contribution in [0.25, 0.3) is 0 Å². The Hall–Kier alpha value is -4.48. The largest absolute Gasteiger partial charge is 0.497 e. The second kappa shape index (κ2) is 17.1. The van der Waals surface area contributed by atoms with E-state index in [2.05, 4.69) is 5.32 Å². The van der Waals surface area contributed by atoms with Gasteiger partial charge in [-0.1, -0.05) is 42.5 Å². The van der Waals surface area contributed by atoms with Gasteiger partial charge in [0, 0.05) is 23.9 Å². The molecule has 0 aliphatic carbocycles. The number of rotatable bonds is 16. The van der Waals surface area contributed by atoms with E-state index in [9.17, 15) is 18.0 Å². The summed E-state index contributed by atoms with van der Waals surface area (Å²) >= 11 is 1.50. The van der Waals surface area contributed by atoms with Gasteiger partial charge < -0.3 is 19.7 Å². The number of carbonyl (C=O) groups is 2. The van der Waals surface area contributed by atoms with E-state index in [1.54, 1.807) is 55.6 Å². The number of hydrogen-bond donors (Lipinski definition) is 1. The van der Waals surface area contributed by atoms with Gasteiger partial charge in [0.25, 0.3) is 10.0 Å². The number of thioether (sulfide) groups is 1. The van der Waals surface area contributed by atoms with E-state index < -0.39 is 28.5 Å². The first kappa shape index (κ1) is 36.4. The fourth-order valence-electron chi connectivity index (χ4n) is 5.18. The molecular formula is C37H43N3O6S2. The highest BCUT2D eigenvalue weighted by atomic mass is 32.2. The fraction of sp³-hybridized carbons (Fsp3) is 0.297. The SMILES string of the molecule is CCOc1ccc(N(CC(=O)N(Cc2cccc(OC)c2)C(Cc2ccccc2)C(=O)NC(C)C)S(=O)(=O)c2ccc(SC)cc2)cc1. The molecule has 1 atom stereocenters. The molecule has 254 valence electrons. The van der Waals surface area contributed by atoms with E-state index in [0.717, 1.165) is 20.3 Å². The molecule has 1 unspecified atom stereocenters. The normalized spacial score (nSPS) is 11.9. The molecule has 0 spiro atoms. The molecule has 0 aromatic heterocycles. The first-order valence-electron chi connectivity index (χ1n) is 15.7. The van der Waals surface area contributed by atoms with Crippen molar-refractivity contribution in [2.75, 3.05) is 30.8 Å². The molecule has 9 nitrogen and oxygen atoms in total. The van der Waals surface area contributed by atoms with Crippen molar-refractivity contribution in [2.45, 2.75) is 55.6 Å². The maximum atomic E-state index is 14.6. The number of methoxy groups -OCH3 is 1. The highest BCUT2D eigenvalue weighted by molar-refractivity contribution is 7.98. The van der Waals surface area contributed by atoms with E-state index in [1.165, 1.54) is 28.8 Å². The van der Waals surface area contributed by atoms with E-state index in [1.807, 2.05) is 69.5 Å². The summed E-state index contributed by atoms with van der Waals surface area (Å²) in [5.74, 6) is 0.282. The number of amides is 2. The Morgan fingerprint density at radius 1 is 0.854 bits per heavy atom. The first-order chi connectivity index (χ1) is 23.0. The number of sulfonamides is 1. The van der Waals surface area contributed by atoms with Gasteiger partial charge in [-0.05, 0) is 98.8 Å². The fourth-order valence-corrected chi connectivity index (χ4v) is 7.00. The minimum atomic E-state index is -4.22. The Morgan fingerprint density at radius 3 is 2.12 bits per heavy atom. The second-order valence-corrected chi connectivity index (χ2v) is 14.1. The monoisotopic (exact) mass is 689 g/mol. The van der Waals surface area contributed by atoms with Gasteiger partial charge in [-0.15, -0.1) is 11.8 Å². The van der Waals surface area contributed by atoms with Crippen molar-refractivity contribution >= 4 is 39.3 Å². The molecule has 0 heterocycles. The minimum absolute atomic E-state index is 0.0403. The van der Waals surface area contributed by atoms with Crippen molar-refractivity contribution < 1.29 is 27.5 Å². The maximum Gasteiger partial charge on any atom is 0.264 e. The molecule has 4 aromatic rings. The summed E-state index contributed by atoms with van der Waals surface area (Å²) in [4.78, 5) is 30.9. The highest BCUT2D eigenvalue weighted by Crippen LogP contribution is 2.28. The van der Waals surface area contributed by atoms with Crippen LogP contribution in [0.4, 0.5) is 5.69 Å². The number of anilines is 1. The van der Waals surface area contributed by atoms with Gasteiger partial charge in [0.05, 0.1) is 24.3 Å². The molecule has 0 aliphatic heterocycles. The summed E-state index contributed by atoms with van der Waals surface area (Å²) < 4.78 is 40.7. The number of carbonyl (C=O) groups excluding carboxylic acids is 2. The third kappa shape index (κ3) is 9.54. The van der Waals surface area contributed by atoms with Gasteiger partial charge in [-0.2, -0.15) is 0 Å². The van der Waals surface area contributed by atoms with Crippen molar-refractivity contribution in [3.63, 3.8) is 0 Å². The van der Waals surface area contributed by atoms with Crippen LogP contribution in [-0.4, -0.2) is 63.7 Å². The van der Waals surface area contributed by atoms with Crippen LogP contribution in [-0.2, 0) is 32.6 Å². The smallest absolute Gasteiger partial charge is 0.264 e. The van der Waals surface area contributed by atoms with Crippen molar-refractivity contribution in [2.24, 2.45) is 0 Å². The summed E-state index contributed by atoms with van der Waals surface area (Å²) in [5.41, 5.74) is 1.87. The lowest BCUT2D eigenvalue weighted by Gasteiger charge is -2.34. The van der Waals surface area contributed by atoms with Gasteiger partial charge in [-0.3, -0.25) is 13.9 Å². The standard InChI is InChI=1S/C37H43N3O6S2/c1-6-46-31-17-15-30(16-18-31)40(48(43,44)34-21-19-33(47-5)20-22-34)26-36(41)39(25-29-13-10-14-32(23-29)45-4)35(37(42)38-27(2)3)24-28-11-8-7-9-12-28/h7-23,27,35H,6,24-26H2,1-5H3,(H,38,42). The molecule has 48 heavy (non-hydrogen) atoms. The van der Waals surface area contributed by atoms with E-state index in [0.29, 0.717) is 18.1 Å². The average molecular weight is 690 g/mol. The zero-order valence-corrected chi connectivity index (χ0v) is 29.6. The van der Waals surface area contributed by atoms with Gasteiger partial charge in [0.1, 0.15) is 24.1 Å². The summed E-state index contributed by atoms with van der Waals surface area (Å²) in [7, 11) is -2.67. The Bertz CT molecular complexity index is 1750. The Balaban J connectivity index is 1.81. The van der Waals surface area contributed by atoms with E-state index in [4.69, 9.17) is 9.47 Å². The number of nitrogens with one attached hydrogen (secondary N) is 1. The van der Waals surface area contributed by atoms with Crippen LogP contribution in [0, 0.1) is 0 Å². The van der Waals surface area contributed by atoms with E-state index >= 15 is 0 Å². The average Bonchev–Trinajstić information content (AvgIpc) is 3.09. The van der Waals surface area contributed by atoms with Crippen LogP contribution in [0.3, 0.4) is 0 Å². The summed E-state index contributed by atoms with van der Waals surface area (Å²) in [6.45, 7) is 5.51. The van der Waals surface area contributed by atoms with Gasteiger partial charge >= 0.3 is 0 Å². The van der Waals surface area contributed by atoms with Crippen LogP contribution in [0.1, 0.15) is 31.9 Å². The van der Waals surface area contributed by atoms with Crippen molar-refractivity contribution in [3.8, 4) is 11.5 Å². The van der Waals surface area contributed by atoms with Gasteiger partial charge in [0.2, 0.25) is 11.8 Å². The summed E-state index contributed by atoms with van der Waals surface area (Å²) in [6.07, 6.45) is 2.13. The Morgan fingerprint density at radius 2 is 1.52 bits per heavy atom. The lowest BCUT2D eigenvalue weighted by molar-refractivity contribution is -0.140. The zero-order valence-electron chi connectivity index (χ0n) is 28.0. The molecule has 0 aliphatic rings. The molecule has 0 saturated heterocycles. The van der Waals surface area contributed by atoms with Crippen LogP contribution in [0.15, 0.2) is 113 Å². The number of nitrogens with zero attached hydrogens (tertiary/aromatic N) is 2. The molecule has 4 aromatic carbocycles. The third-order valence-corrected chi connectivity index (χ3v) is 10.1. The van der Waals surface area contributed by atoms with Crippen LogP contribution in [0.2, 0.25) is 0 Å². The maximum absolute atomic E-state index is 14.6. The minimum Gasteiger partial charge on any atom is -0.497 e. The molecule has 4 rings (SSSR count). The van der Waals surface area contributed by atoms with Crippen molar-refractivity contribution in [1.29, 1.82) is 0 Å². The van der Waals surface area contributed by atoms with Crippen LogP contribution < -0.4 is 19.1 Å². The summed E-state index contributed by atoms with van der Waals surface area (Å²) in [6, 6.07) is 28.7. The quantitative estimate of drug-likeness (QED) is 0.140. The van der Waals surface area contributed by atoms with Crippen LogP contribution >= 0.6 is 11.8 Å². The molecular weight excluding hydrogens is 647 g/mol. The molecule has 0 radical (unpaired) electrons. The van der Waals surface area contributed by atoms with Crippen LogP contribution in [0.5, 0.6) is 11.5 Å². The molecule has 1 N–H and O–H groups in total. The second-order valence-electron chi connectivity index (χ2n) is 11.4. The zero-order chi connectivity index (χ0) is 34.7. The predicted octanol–water partition coefficient (Wildman–Crippen LogP) is 6.18. The Labute approximate surface area is 288 Å². The van der Waals surface area contributed by atoms with Gasteiger partial charge in [-0.25, -0.2) is 8.42 Å².